The van der Waals surface area contributed by atoms with Gasteiger partial charge in [-0.05, 0) is 24.3 Å². The average molecular weight is 252 g/mol. The summed E-state index contributed by atoms with van der Waals surface area (Å²) in [6, 6.07) is 11.2. The number of aromatic nitrogens is 2. The first-order valence-electron chi connectivity index (χ1n) is 5.90. The topological polar surface area (TPSA) is 55.0 Å². The molecule has 1 N–H and O–H groups in total. The number of carbonyl (C=O) groups excluding carboxylic acids is 1. The van der Waals surface area contributed by atoms with Gasteiger partial charge in [-0.15, -0.1) is 0 Å². The zero-order valence-corrected chi connectivity index (χ0v) is 10.4. The van der Waals surface area contributed by atoms with Gasteiger partial charge in [0.1, 0.15) is 11.4 Å². The van der Waals surface area contributed by atoms with E-state index in [0.717, 1.165) is 22.9 Å². The van der Waals surface area contributed by atoms with Crippen molar-refractivity contribution in [1.29, 1.82) is 0 Å². The number of methoxy groups -OCH3 is 1. The summed E-state index contributed by atoms with van der Waals surface area (Å²) < 4.78 is 5.33. The normalized spacial score (nSPS) is 10.6. The second-order valence-corrected chi connectivity index (χ2v) is 4.16. The molecule has 3 rings (SSSR count). The van der Waals surface area contributed by atoms with E-state index in [4.69, 9.17) is 4.74 Å². The molecule has 0 bridgehead atoms. The van der Waals surface area contributed by atoms with Crippen molar-refractivity contribution >= 4 is 17.3 Å². The van der Waals surface area contributed by atoms with Crippen LogP contribution in [0.25, 0.3) is 22.3 Å². The van der Waals surface area contributed by atoms with Gasteiger partial charge in [-0.3, -0.25) is 4.79 Å². The Labute approximate surface area is 110 Å². The molecule has 0 amide bonds. The molecule has 0 radical (unpaired) electrons. The van der Waals surface area contributed by atoms with Crippen LogP contribution in [0.2, 0.25) is 0 Å². The fourth-order valence-electron chi connectivity index (χ4n) is 2.14. The van der Waals surface area contributed by atoms with E-state index in [1.807, 2.05) is 36.4 Å². The number of para-hydroxylation sites is 1. The maximum absolute atomic E-state index is 11.3. The lowest BCUT2D eigenvalue weighted by molar-refractivity contribution is 0.112. The Morgan fingerprint density at radius 2 is 2.11 bits per heavy atom. The molecule has 2 heterocycles. The fraction of sp³-hybridized carbons (Fsp3) is 0.0667. The highest BCUT2D eigenvalue weighted by Crippen LogP contribution is 2.31. The highest BCUT2D eigenvalue weighted by Gasteiger charge is 2.13. The van der Waals surface area contributed by atoms with Crippen molar-refractivity contribution < 1.29 is 9.53 Å². The summed E-state index contributed by atoms with van der Waals surface area (Å²) in [5.41, 5.74) is 2.74. The molecular weight excluding hydrogens is 240 g/mol. The Morgan fingerprint density at radius 1 is 1.26 bits per heavy atom. The average Bonchev–Trinajstić information content (AvgIpc) is 2.93. The number of aldehydes is 1. The van der Waals surface area contributed by atoms with Crippen LogP contribution in [-0.2, 0) is 0 Å². The van der Waals surface area contributed by atoms with Crippen molar-refractivity contribution in [3.05, 3.63) is 48.2 Å². The summed E-state index contributed by atoms with van der Waals surface area (Å²) in [5.74, 6) is 0.698. The van der Waals surface area contributed by atoms with Crippen LogP contribution < -0.4 is 4.74 Å². The Morgan fingerprint density at radius 3 is 2.89 bits per heavy atom. The summed E-state index contributed by atoms with van der Waals surface area (Å²) in [6.07, 6.45) is 2.62. The van der Waals surface area contributed by atoms with Crippen LogP contribution in [0.5, 0.6) is 5.75 Å². The standard InChI is InChI=1S/C15H12N2O2/c1-19-13-5-3-2-4-12(13)14-11(9-18)8-10-6-7-16-15(10)17-14/h2-9H,1H3,(H,16,17). The second kappa shape index (κ2) is 4.57. The van der Waals surface area contributed by atoms with Crippen molar-refractivity contribution in [2.45, 2.75) is 0 Å². The summed E-state index contributed by atoms with van der Waals surface area (Å²) >= 11 is 0. The van der Waals surface area contributed by atoms with E-state index in [9.17, 15) is 4.79 Å². The SMILES string of the molecule is COc1ccccc1-c1nc2[nH]ccc2cc1C=O. The number of nitrogens with one attached hydrogen (secondary N) is 1. The molecule has 0 saturated heterocycles. The van der Waals surface area contributed by atoms with E-state index in [1.165, 1.54) is 0 Å². The highest BCUT2D eigenvalue weighted by molar-refractivity contribution is 5.93. The minimum Gasteiger partial charge on any atom is -0.496 e. The highest BCUT2D eigenvalue weighted by atomic mass is 16.5. The molecule has 3 aromatic rings. The lowest BCUT2D eigenvalue weighted by atomic mass is 10.0. The molecule has 0 aliphatic carbocycles. The van der Waals surface area contributed by atoms with Crippen LogP contribution in [0, 0.1) is 0 Å². The molecule has 0 aliphatic rings. The van der Waals surface area contributed by atoms with Crippen molar-refractivity contribution in [3.63, 3.8) is 0 Å². The minimum atomic E-state index is 0.552. The van der Waals surface area contributed by atoms with Gasteiger partial charge < -0.3 is 9.72 Å². The van der Waals surface area contributed by atoms with E-state index in [-0.39, 0.29) is 0 Å². The van der Waals surface area contributed by atoms with Gasteiger partial charge in [0.2, 0.25) is 0 Å². The van der Waals surface area contributed by atoms with Gasteiger partial charge in [-0.1, -0.05) is 12.1 Å². The molecule has 0 spiro atoms. The van der Waals surface area contributed by atoms with E-state index in [0.29, 0.717) is 17.0 Å². The molecule has 4 heteroatoms. The van der Waals surface area contributed by atoms with E-state index in [2.05, 4.69) is 9.97 Å². The third-order valence-corrected chi connectivity index (χ3v) is 3.05. The van der Waals surface area contributed by atoms with Gasteiger partial charge in [0.05, 0.1) is 12.8 Å². The number of nitrogens with zero attached hydrogens (tertiary/aromatic N) is 1. The Hall–Kier alpha value is -2.62. The Balaban J connectivity index is 2.30. The van der Waals surface area contributed by atoms with Crippen molar-refractivity contribution in [1.82, 2.24) is 9.97 Å². The van der Waals surface area contributed by atoms with Crippen LogP contribution >= 0.6 is 0 Å². The number of aromatic amines is 1. The Kier molecular flexibility index (Phi) is 2.76. The number of hydrogen-bond acceptors (Lipinski definition) is 3. The number of carbonyl (C=O) groups is 1. The maximum atomic E-state index is 11.3. The van der Waals surface area contributed by atoms with E-state index < -0.39 is 0 Å². The van der Waals surface area contributed by atoms with E-state index >= 15 is 0 Å². The van der Waals surface area contributed by atoms with Gasteiger partial charge in [0.25, 0.3) is 0 Å². The molecule has 2 aromatic heterocycles. The van der Waals surface area contributed by atoms with Gasteiger partial charge in [-0.2, -0.15) is 0 Å². The quantitative estimate of drug-likeness (QED) is 0.729. The molecule has 0 atom stereocenters. The molecule has 0 unspecified atom stereocenters. The number of ether oxygens (including phenoxy) is 1. The first-order valence-corrected chi connectivity index (χ1v) is 5.90. The number of rotatable bonds is 3. The molecule has 1 aromatic carbocycles. The summed E-state index contributed by atoms with van der Waals surface area (Å²) in [5, 5.41) is 0.917. The molecule has 94 valence electrons. The smallest absolute Gasteiger partial charge is 0.152 e. The van der Waals surface area contributed by atoms with Crippen LogP contribution in [0.4, 0.5) is 0 Å². The van der Waals surface area contributed by atoms with E-state index in [1.54, 1.807) is 13.3 Å². The number of pyridine rings is 1. The molecular formula is C15H12N2O2. The third-order valence-electron chi connectivity index (χ3n) is 3.05. The lowest BCUT2D eigenvalue weighted by Crippen LogP contribution is -1.95. The van der Waals surface area contributed by atoms with Crippen LogP contribution in [-0.4, -0.2) is 23.4 Å². The molecule has 19 heavy (non-hydrogen) atoms. The Bertz CT molecular complexity index is 747. The number of hydrogen-bond donors (Lipinski definition) is 1. The van der Waals surface area contributed by atoms with Gasteiger partial charge >= 0.3 is 0 Å². The monoisotopic (exact) mass is 252 g/mol. The summed E-state index contributed by atoms with van der Waals surface area (Å²) in [4.78, 5) is 18.8. The fourth-order valence-corrected chi connectivity index (χ4v) is 2.14. The van der Waals surface area contributed by atoms with Crippen LogP contribution in [0.1, 0.15) is 10.4 Å². The molecule has 0 fully saturated rings. The predicted octanol–water partition coefficient (Wildman–Crippen LogP) is 3.05. The maximum Gasteiger partial charge on any atom is 0.152 e. The largest absolute Gasteiger partial charge is 0.496 e. The van der Waals surface area contributed by atoms with Gasteiger partial charge in [0, 0.05) is 22.7 Å². The second-order valence-electron chi connectivity index (χ2n) is 4.16. The number of H-pyrrole nitrogens is 1. The first-order chi connectivity index (χ1) is 9.33. The van der Waals surface area contributed by atoms with Crippen LogP contribution in [0.3, 0.4) is 0 Å². The number of fused-ring (bicyclic) bond motifs is 1. The summed E-state index contributed by atoms with van der Waals surface area (Å²) in [6.45, 7) is 0. The minimum absolute atomic E-state index is 0.552. The molecule has 0 saturated carbocycles. The zero-order valence-electron chi connectivity index (χ0n) is 10.4. The molecule has 0 aliphatic heterocycles. The molecule has 4 nitrogen and oxygen atoms in total. The third kappa shape index (κ3) is 1.87. The van der Waals surface area contributed by atoms with Crippen molar-refractivity contribution in [2.24, 2.45) is 0 Å². The zero-order chi connectivity index (χ0) is 13.2. The lowest BCUT2D eigenvalue weighted by Gasteiger charge is -2.09. The predicted molar refractivity (Wildman–Crippen MR) is 73.5 cm³/mol. The van der Waals surface area contributed by atoms with Gasteiger partial charge in [0.15, 0.2) is 6.29 Å². The van der Waals surface area contributed by atoms with Crippen LogP contribution in [0.15, 0.2) is 42.6 Å². The number of benzene rings is 1. The van der Waals surface area contributed by atoms with Gasteiger partial charge in [-0.25, -0.2) is 4.98 Å². The van der Waals surface area contributed by atoms with Crippen molar-refractivity contribution in [3.8, 4) is 17.0 Å². The summed E-state index contributed by atoms with van der Waals surface area (Å²) in [7, 11) is 1.60. The van der Waals surface area contributed by atoms with Crippen molar-refractivity contribution in [2.75, 3.05) is 7.11 Å². The first kappa shape index (κ1) is 11.5.